The normalized spacial score (nSPS) is 18.9. The number of hydrogen-bond donors (Lipinski definition) is 1. The number of ether oxygens (including phenoxy) is 3. The topological polar surface area (TPSA) is 39.7 Å². The third-order valence-corrected chi connectivity index (χ3v) is 3.41. The van der Waals surface area contributed by atoms with E-state index in [4.69, 9.17) is 14.2 Å². The van der Waals surface area contributed by atoms with Crippen LogP contribution in [-0.2, 0) is 11.3 Å². The van der Waals surface area contributed by atoms with Crippen LogP contribution in [0.3, 0.4) is 0 Å². The minimum atomic E-state index is 0.334. The van der Waals surface area contributed by atoms with Gasteiger partial charge >= 0.3 is 0 Å². The molecular formula is C14H21NO3. The van der Waals surface area contributed by atoms with E-state index in [0.29, 0.717) is 12.6 Å². The standard InChI is InChI=1S/C14H21NO3/c1-16-9-10-12(17-2)6-7-13(18-3)14(10)11-5-4-8-15-11/h6-7,11,15H,4-5,8-9H2,1-3H3. The molecule has 100 valence electrons. The Hall–Kier alpha value is -1.26. The van der Waals surface area contributed by atoms with Crippen LogP contribution in [0.4, 0.5) is 0 Å². The lowest BCUT2D eigenvalue weighted by atomic mass is 9.97. The Morgan fingerprint density at radius 1 is 1.17 bits per heavy atom. The van der Waals surface area contributed by atoms with Crippen LogP contribution >= 0.6 is 0 Å². The zero-order chi connectivity index (χ0) is 13.0. The summed E-state index contributed by atoms with van der Waals surface area (Å²) in [6, 6.07) is 4.24. The maximum Gasteiger partial charge on any atom is 0.124 e. The Morgan fingerprint density at radius 2 is 1.89 bits per heavy atom. The summed E-state index contributed by atoms with van der Waals surface area (Å²) in [7, 11) is 5.09. The van der Waals surface area contributed by atoms with Crippen LogP contribution < -0.4 is 14.8 Å². The van der Waals surface area contributed by atoms with Crippen molar-refractivity contribution in [3.63, 3.8) is 0 Å². The monoisotopic (exact) mass is 251 g/mol. The van der Waals surface area contributed by atoms with Crippen molar-refractivity contribution in [3.05, 3.63) is 23.3 Å². The van der Waals surface area contributed by atoms with Gasteiger partial charge in [-0.1, -0.05) is 0 Å². The van der Waals surface area contributed by atoms with Crippen molar-refractivity contribution in [3.8, 4) is 11.5 Å². The highest BCUT2D eigenvalue weighted by atomic mass is 16.5. The minimum Gasteiger partial charge on any atom is -0.496 e. The van der Waals surface area contributed by atoms with E-state index in [0.717, 1.165) is 30.0 Å². The van der Waals surface area contributed by atoms with Crippen molar-refractivity contribution in [1.29, 1.82) is 0 Å². The molecule has 1 aliphatic heterocycles. The zero-order valence-electron chi connectivity index (χ0n) is 11.3. The lowest BCUT2D eigenvalue weighted by Crippen LogP contribution is -2.16. The van der Waals surface area contributed by atoms with Crippen LogP contribution in [0.5, 0.6) is 11.5 Å². The van der Waals surface area contributed by atoms with E-state index < -0.39 is 0 Å². The van der Waals surface area contributed by atoms with Gasteiger partial charge in [0.1, 0.15) is 11.5 Å². The van der Waals surface area contributed by atoms with Crippen molar-refractivity contribution in [2.24, 2.45) is 0 Å². The molecule has 4 heteroatoms. The average Bonchev–Trinajstić information content (AvgIpc) is 2.92. The van der Waals surface area contributed by atoms with Gasteiger partial charge in [0.15, 0.2) is 0 Å². The van der Waals surface area contributed by atoms with Crippen molar-refractivity contribution in [2.45, 2.75) is 25.5 Å². The molecule has 1 fully saturated rings. The van der Waals surface area contributed by atoms with Gasteiger partial charge in [0.2, 0.25) is 0 Å². The first-order valence-electron chi connectivity index (χ1n) is 6.28. The molecule has 0 aromatic heterocycles. The van der Waals surface area contributed by atoms with Crippen LogP contribution in [0.15, 0.2) is 12.1 Å². The molecule has 0 radical (unpaired) electrons. The van der Waals surface area contributed by atoms with Crippen molar-refractivity contribution in [1.82, 2.24) is 5.32 Å². The molecular weight excluding hydrogens is 230 g/mol. The van der Waals surface area contributed by atoms with Crippen LogP contribution in [-0.4, -0.2) is 27.9 Å². The average molecular weight is 251 g/mol. The second-order valence-corrected chi connectivity index (χ2v) is 4.44. The van der Waals surface area contributed by atoms with Gasteiger partial charge in [-0.25, -0.2) is 0 Å². The summed E-state index contributed by atoms with van der Waals surface area (Å²) in [5.74, 6) is 1.77. The number of benzene rings is 1. The first kappa shape index (κ1) is 13.2. The SMILES string of the molecule is COCc1c(OC)ccc(OC)c1C1CCCN1. The molecule has 1 aromatic carbocycles. The van der Waals surface area contributed by atoms with Crippen LogP contribution in [0.2, 0.25) is 0 Å². The summed E-state index contributed by atoms with van der Waals surface area (Å²) in [5.41, 5.74) is 2.26. The van der Waals surface area contributed by atoms with Crippen LogP contribution in [0, 0.1) is 0 Å². The van der Waals surface area contributed by atoms with Gasteiger partial charge in [-0.2, -0.15) is 0 Å². The number of hydrogen-bond acceptors (Lipinski definition) is 4. The molecule has 1 aromatic rings. The van der Waals surface area contributed by atoms with Gasteiger partial charge < -0.3 is 19.5 Å². The van der Waals surface area contributed by atoms with Crippen LogP contribution in [0.25, 0.3) is 0 Å². The van der Waals surface area contributed by atoms with Gasteiger partial charge in [0.25, 0.3) is 0 Å². The largest absolute Gasteiger partial charge is 0.496 e. The highest BCUT2D eigenvalue weighted by Crippen LogP contribution is 2.38. The third-order valence-electron chi connectivity index (χ3n) is 3.41. The molecule has 1 heterocycles. The van der Waals surface area contributed by atoms with Gasteiger partial charge in [-0.3, -0.25) is 0 Å². The number of nitrogens with one attached hydrogen (secondary N) is 1. The first-order chi connectivity index (χ1) is 8.81. The highest BCUT2D eigenvalue weighted by Gasteiger charge is 2.25. The quantitative estimate of drug-likeness (QED) is 0.871. The molecule has 18 heavy (non-hydrogen) atoms. The second-order valence-electron chi connectivity index (χ2n) is 4.44. The number of rotatable bonds is 5. The molecule has 0 bridgehead atoms. The van der Waals surface area contributed by atoms with Gasteiger partial charge in [-0.05, 0) is 31.5 Å². The molecule has 1 atom stereocenters. The minimum absolute atomic E-state index is 0.334. The third kappa shape index (κ3) is 2.44. The van der Waals surface area contributed by atoms with E-state index >= 15 is 0 Å². The van der Waals surface area contributed by atoms with E-state index in [2.05, 4.69) is 5.32 Å². The Balaban J connectivity index is 2.48. The maximum absolute atomic E-state index is 5.49. The fraction of sp³-hybridized carbons (Fsp3) is 0.571. The Morgan fingerprint density at radius 3 is 2.44 bits per heavy atom. The van der Waals surface area contributed by atoms with Crippen molar-refractivity contribution < 1.29 is 14.2 Å². The Kier molecular flexibility index (Phi) is 4.44. The van der Waals surface area contributed by atoms with E-state index in [9.17, 15) is 0 Å². The predicted molar refractivity (Wildman–Crippen MR) is 70.2 cm³/mol. The van der Waals surface area contributed by atoms with Crippen molar-refractivity contribution in [2.75, 3.05) is 27.9 Å². The fourth-order valence-electron chi connectivity index (χ4n) is 2.60. The predicted octanol–water partition coefficient (Wildman–Crippen LogP) is 2.27. The lowest BCUT2D eigenvalue weighted by molar-refractivity contribution is 0.179. The molecule has 0 aliphatic carbocycles. The summed E-state index contributed by atoms with van der Waals surface area (Å²) in [6.45, 7) is 1.59. The lowest BCUT2D eigenvalue weighted by Gasteiger charge is -2.21. The first-order valence-corrected chi connectivity index (χ1v) is 6.28. The zero-order valence-corrected chi connectivity index (χ0v) is 11.3. The smallest absolute Gasteiger partial charge is 0.124 e. The number of methoxy groups -OCH3 is 3. The summed E-state index contributed by atoms with van der Waals surface area (Å²) >= 11 is 0. The summed E-state index contributed by atoms with van der Waals surface area (Å²) in [6.07, 6.45) is 2.32. The molecule has 0 saturated carbocycles. The van der Waals surface area contributed by atoms with Gasteiger partial charge in [0.05, 0.1) is 20.8 Å². The highest BCUT2D eigenvalue weighted by molar-refractivity contribution is 5.50. The van der Waals surface area contributed by atoms with E-state index in [1.165, 1.54) is 12.0 Å². The fourth-order valence-corrected chi connectivity index (χ4v) is 2.60. The summed E-state index contributed by atoms with van der Waals surface area (Å²) in [5, 5.41) is 3.51. The van der Waals surface area contributed by atoms with Crippen LogP contribution in [0.1, 0.15) is 30.0 Å². The summed E-state index contributed by atoms with van der Waals surface area (Å²) in [4.78, 5) is 0. The molecule has 1 N–H and O–H groups in total. The molecule has 0 spiro atoms. The van der Waals surface area contributed by atoms with Crippen molar-refractivity contribution >= 4 is 0 Å². The molecule has 2 rings (SSSR count). The summed E-state index contributed by atoms with van der Waals surface area (Å²) < 4.78 is 16.2. The van der Waals surface area contributed by atoms with Gasteiger partial charge in [-0.15, -0.1) is 0 Å². The Bertz CT molecular complexity index is 400. The van der Waals surface area contributed by atoms with E-state index in [1.807, 2.05) is 12.1 Å². The molecule has 0 amide bonds. The van der Waals surface area contributed by atoms with E-state index in [-0.39, 0.29) is 0 Å². The maximum atomic E-state index is 5.49. The van der Waals surface area contributed by atoms with E-state index in [1.54, 1.807) is 21.3 Å². The molecule has 1 aliphatic rings. The Labute approximate surface area is 108 Å². The van der Waals surface area contributed by atoms with Gasteiger partial charge in [0, 0.05) is 24.3 Å². The molecule has 1 unspecified atom stereocenters. The second kappa shape index (κ2) is 6.07. The molecule has 1 saturated heterocycles. The molecule has 4 nitrogen and oxygen atoms in total.